The van der Waals surface area contributed by atoms with Gasteiger partial charge in [0.1, 0.15) is 5.75 Å². The standard InChI is InChI=1S/C26H38N2O4Si/c1-16(2)33(17(3)4,18(5)6)32-25-14-22(27)21(13-24(25)31-7)26(30)28-20(15-29)12-19-10-8-9-11-23(19)28/h8-11,13-14,16-18,20,29H,12,15,27H2,1-7H3. The van der Waals surface area contributed by atoms with Crippen LogP contribution in [-0.2, 0) is 6.42 Å². The molecule has 0 aliphatic carbocycles. The molecule has 0 spiro atoms. The molecular weight excluding hydrogens is 432 g/mol. The van der Waals surface area contributed by atoms with E-state index < -0.39 is 8.32 Å². The number of benzene rings is 2. The second kappa shape index (κ2) is 9.77. The van der Waals surface area contributed by atoms with Crippen LogP contribution in [-0.4, -0.2) is 39.1 Å². The summed E-state index contributed by atoms with van der Waals surface area (Å²) in [5, 5.41) is 9.94. The van der Waals surface area contributed by atoms with Crippen LogP contribution in [0.15, 0.2) is 36.4 Å². The Labute approximate surface area is 198 Å². The van der Waals surface area contributed by atoms with Crippen LogP contribution >= 0.6 is 0 Å². The predicted octanol–water partition coefficient (Wildman–Crippen LogP) is 5.40. The number of hydrogen-bond acceptors (Lipinski definition) is 5. The van der Waals surface area contributed by atoms with Gasteiger partial charge in [-0.3, -0.25) is 4.79 Å². The van der Waals surface area contributed by atoms with Gasteiger partial charge < -0.3 is 24.9 Å². The van der Waals surface area contributed by atoms with Crippen molar-refractivity contribution >= 4 is 25.6 Å². The van der Waals surface area contributed by atoms with Crippen molar-refractivity contribution in [2.75, 3.05) is 24.4 Å². The topological polar surface area (TPSA) is 85.0 Å². The van der Waals surface area contributed by atoms with E-state index in [-0.39, 0.29) is 18.6 Å². The van der Waals surface area contributed by atoms with Crippen LogP contribution in [0.25, 0.3) is 0 Å². The number of hydrogen-bond donors (Lipinski definition) is 2. The SMILES string of the molecule is COc1cc(C(=O)N2c3ccccc3CC2CO)c(N)cc1O[Si](C(C)C)(C(C)C)C(C)C. The number of aliphatic hydroxyl groups excluding tert-OH is 1. The van der Waals surface area contributed by atoms with E-state index in [1.54, 1.807) is 24.1 Å². The van der Waals surface area contributed by atoms with Crippen molar-refractivity contribution in [2.24, 2.45) is 0 Å². The molecular formula is C26H38N2O4Si. The average molecular weight is 471 g/mol. The molecule has 0 saturated carbocycles. The molecule has 0 fully saturated rings. The van der Waals surface area contributed by atoms with Crippen molar-refractivity contribution in [1.29, 1.82) is 0 Å². The van der Waals surface area contributed by atoms with Crippen LogP contribution in [0.3, 0.4) is 0 Å². The van der Waals surface area contributed by atoms with E-state index in [9.17, 15) is 9.90 Å². The first-order valence-electron chi connectivity index (χ1n) is 11.8. The minimum atomic E-state index is -2.24. The molecule has 33 heavy (non-hydrogen) atoms. The van der Waals surface area contributed by atoms with Gasteiger partial charge in [-0.15, -0.1) is 0 Å². The molecule has 1 atom stereocenters. The number of carbonyl (C=O) groups is 1. The van der Waals surface area contributed by atoms with Crippen molar-refractivity contribution in [3.8, 4) is 11.5 Å². The highest BCUT2D eigenvalue weighted by Gasteiger charge is 2.47. The fourth-order valence-corrected chi connectivity index (χ4v) is 10.8. The van der Waals surface area contributed by atoms with Gasteiger partial charge in [-0.05, 0) is 40.7 Å². The lowest BCUT2D eigenvalue weighted by atomic mass is 10.1. The highest BCUT2D eigenvalue weighted by atomic mass is 28.4. The number of ether oxygens (including phenoxy) is 1. The van der Waals surface area contributed by atoms with Crippen LogP contribution in [0, 0.1) is 0 Å². The molecule has 1 aliphatic rings. The van der Waals surface area contributed by atoms with Gasteiger partial charge in [0.25, 0.3) is 14.2 Å². The molecule has 0 radical (unpaired) electrons. The number of anilines is 2. The third-order valence-corrected chi connectivity index (χ3v) is 13.0. The molecule has 2 aromatic carbocycles. The quantitative estimate of drug-likeness (QED) is 0.399. The second-order valence-electron chi connectivity index (χ2n) is 9.85. The number of nitrogens with zero attached hydrogens (tertiary/aromatic N) is 1. The molecule has 6 nitrogen and oxygen atoms in total. The molecule has 3 N–H and O–H groups in total. The Morgan fingerprint density at radius 3 is 2.24 bits per heavy atom. The smallest absolute Gasteiger partial charge is 0.260 e. The zero-order valence-electron chi connectivity index (χ0n) is 20.9. The summed E-state index contributed by atoms with van der Waals surface area (Å²) in [6, 6.07) is 10.8. The lowest BCUT2D eigenvalue weighted by Gasteiger charge is -2.42. The molecule has 0 aromatic heterocycles. The van der Waals surface area contributed by atoms with E-state index in [1.807, 2.05) is 24.3 Å². The van der Waals surface area contributed by atoms with Crippen LogP contribution in [0.2, 0.25) is 16.6 Å². The number of rotatable bonds is 8. The summed E-state index contributed by atoms with van der Waals surface area (Å²) in [5.74, 6) is 0.843. The monoisotopic (exact) mass is 470 g/mol. The third kappa shape index (κ3) is 4.36. The molecule has 1 aliphatic heterocycles. The summed E-state index contributed by atoms with van der Waals surface area (Å²) in [6.07, 6.45) is 0.613. The molecule has 180 valence electrons. The van der Waals surface area contributed by atoms with E-state index in [0.29, 0.717) is 45.8 Å². The third-order valence-electron chi connectivity index (χ3n) is 7.06. The number of methoxy groups -OCH3 is 1. The zero-order valence-corrected chi connectivity index (χ0v) is 21.9. The molecule has 1 amide bonds. The minimum absolute atomic E-state index is 0.121. The number of aliphatic hydroxyl groups is 1. The first-order chi connectivity index (χ1) is 15.6. The van der Waals surface area contributed by atoms with Gasteiger partial charge in [0.2, 0.25) is 0 Å². The first kappa shape index (κ1) is 25.1. The highest BCUT2D eigenvalue weighted by Crippen LogP contribution is 2.46. The Bertz CT molecular complexity index is 984. The summed E-state index contributed by atoms with van der Waals surface area (Å²) in [6.45, 7) is 13.2. The number of nitrogens with two attached hydrogens (primary N) is 1. The number of carbonyl (C=O) groups excluding carboxylic acids is 1. The molecule has 0 bridgehead atoms. The lowest BCUT2D eigenvalue weighted by Crippen LogP contribution is -2.50. The van der Waals surface area contributed by atoms with Gasteiger partial charge >= 0.3 is 0 Å². The van der Waals surface area contributed by atoms with Crippen LogP contribution < -0.4 is 19.8 Å². The van der Waals surface area contributed by atoms with E-state index >= 15 is 0 Å². The van der Waals surface area contributed by atoms with Gasteiger partial charge in [-0.25, -0.2) is 0 Å². The van der Waals surface area contributed by atoms with Crippen LogP contribution in [0.5, 0.6) is 11.5 Å². The fourth-order valence-electron chi connectivity index (χ4n) is 5.56. The molecule has 0 saturated heterocycles. The van der Waals surface area contributed by atoms with Crippen molar-refractivity contribution in [3.63, 3.8) is 0 Å². The predicted molar refractivity (Wildman–Crippen MR) is 137 cm³/mol. The molecule has 1 heterocycles. The van der Waals surface area contributed by atoms with Crippen LogP contribution in [0.4, 0.5) is 11.4 Å². The average Bonchev–Trinajstić information content (AvgIpc) is 3.15. The number of amides is 1. The van der Waals surface area contributed by atoms with E-state index in [1.165, 1.54) is 0 Å². The van der Waals surface area contributed by atoms with Gasteiger partial charge in [0.05, 0.1) is 25.3 Å². The number of para-hydroxylation sites is 1. The lowest BCUT2D eigenvalue weighted by molar-refractivity contribution is 0.0968. The summed E-state index contributed by atoms with van der Waals surface area (Å²) in [5.41, 5.74) is 10.1. The second-order valence-corrected chi connectivity index (χ2v) is 15.2. The fraction of sp³-hybridized carbons (Fsp3) is 0.500. The maximum absolute atomic E-state index is 13.6. The largest absolute Gasteiger partial charge is 0.540 e. The van der Waals surface area contributed by atoms with Gasteiger partial charge in [-0.2, -0.15) is 0 Å². The Kier molecular flexibility index (Phi) is 7.44. The summed E-state index contributed by atoms with van der Waals surface area (Å²) in [7, 11) is -0.656. The van der Waals surface area contributed by atoms with E-state index in [4.69, 9.17) is 14.9 Å². The van der Waals surface area contributed by atoms with E-state index in [2.05, 4.69) is 41.5 Å². The Hall–Kier alpha value is -2.51. The summed E-state index contributed by atoms with van der Waals surface area (Å²) < 4.78 is 12.5. The normalized spacial score (nSPS) is 16.0. The maximum atomic E-state index is 13.6. The minimum Gasteiger partial charge on any atom is -0.540 e. The highest BCUT2D eigenvalue weighted by molar-refractivity contribution is 6.78. The molecule has 2 aromatic rings. The number of fused-ring (bicyclic) bond motifs is 1. The van der Waals surface area contributed by atoms with E-state index in [0.717, 1.165) is 11.3 Å². The maximum Gasteiger partial charge on any atom is 0.260 e. The Morgan fingerprint density at radius 1 is 1.09 bits per heavy atom. The Balaban J connectivity index is 2.04. The van der Waals surface area contributed by atoms with Gasteiger partial charge in [0, 0.05) is 17.4 Å². The molecule has 3 rings (SSSR count). The molecule has 1 unspecified atom stereocenters. The summed E-state index contributed by atoms with van der Waals surface area (Å²) in [4.78, 5) is 15.3. The van der Waals surface area contributed by atoms with Crippen molar-refractivity contribution < 1.29 is 19.1 Å². The van der Waals surface area contributed by atoms with Crippen molar-refractivity contribution in [3.05, 3.63) is 47.5 Å². The molecule has 7 heteroatoms. The van der Waals surface area contributed by atoms with Crippen molar-refractivity contribution in [1.82, 2.24) is 0 Å². The van der Waals surface area contributed by atoms with Crippen LogP contribution in [0.1, 0.15) is 57.5 Å². The first-order valence-corrected chi connectivity index (χ1v) is 13.9. The van der Waals surface area contributed by atoms with Gasteiger partial charge in [0.15, 0.2) is 5.75 Å². The number of nitrogen functional groups attached to an aromatic ring is 1. The zero-order chi connectivity index (χ0) is 24.5. The van der Waals surface area contributed by atoms with Gasteiger partial charge in [-0.1, -0.05) is 59.7 Å². The van der Waals surface area contributed by atoms with Crippen molar-refractivity contribution in [2.45, 2.75) is 70.6 Å². The Morgan fingerprint density at radius 2 is 1.70 bits per heavy atom. The summed E-state index contributed by atoms with van der Waals surface area (Å²) >= 11 is 0.